The summed E-state index contributed by atoms with van der Waals surface area (Å²) in [5.74, 6) is -1.55. The highest BCUT2D eigenvalue weighted by molar-refractivity contribution is 6.35. The van der Waals surface area contributed by atoms with E-state index < -0.39 is 18.0 Å². The van der Waals surface area contributed by atoms with Crippen LogP contribution in [0.5, 0.6) is 0 Å². The lowest BCUT2D eigenvalue weighted by Crippen LogP contribution is -2.14. The lowest BCUT2D eigenvalue weighted by molar-refractivity contribution is -0.142. The number of carboxylic acid groups (broad SMARTS) is 1. The highest BCUT2D eigenvalue weighted by atomic mass is 35.5. The third-order valence-electron chi connectivity index (χ3n) is 3.11. The number of rotatable bonds is 4. The molecule has 0 aliphatic heterocycles. The molecule has 0 spiro atoms. The molecular weight excluding hydrogens is 266 g/mol. The van der Waals surface area contributed by atoms with Crippen molar-refractivity contribution < 1.29 is 15.0 Å². The molecule has 0 amide bonds. The number of pyridine rings is 1. The van der Waals surface area contributed by atoms with Gasteiger partial charge in [0.15, 0.2) is 0 Å². The summed E-state index contributed by atoms with van der Waals surface area (Å²) in [4.78, 5) is 15.1. The molecule has 1 heterocycles. The molecule has 2 atom stereocenters. The quantitative estimate of drug-likeness (QED) is 0.902. The number of hydrogen-bond donors (Lipinski definition) is 2. The van der Waals surface area contributed by atoms with Crippen molar-refractivity contribution in [2.75, 3.05) is 0 Å². The van der Waals surface area contributed by atoms with E-state index in [2.05, 4.69) is 4.98 Å². The Morgan fingerprint density at radius 3 is 2.84 bits per heavy atom. The Bertz CT molecular complexity index is 615. The van der Waals surface area contributed by atoms with Crippen LogP contribution in [0.2, 0.25) is 5.02 Å². The Morgan fingerprint density at radius 2 is 2.16 bits per heavy atom. The van der Waals surface area contributed by atoms with E-state index in [1.807, 2.05) is 6.07 Å². The molecule has 0 aliphatic rings. The zero-order valence-electron chi connectivity index (χ0n) is 10.4. The van der Waals surface area contributed by atoms with Gasteiger partial charge in [-0.1, -0.05) is 24.6 Å². The maximum absolute atomic E-state index is 10.8. The van der Waals surface area contributed by atoms with Gasteiger partial charge in [-0.15, -0.1) is 0 Å². The second-order valence-electron chi connectivity index (χ2n) is 4.53. The summed E-state index contributed by atoms with van der Waals surface area (Å²) in [6.07, 6.45) is 0.888. The summed E-state index contributed by atoms with van der Waals surface area (Å²) in [7, 11) is 0. The van der Waals surface area contributed by atoms with E-state index in [1.165, 1.54) is 0 Å². The number of benzene rings is 1. The first kappa shape index (κ1) is 13.8. The molecule has 0 saturated carbocycles. The average Bonchev–Trinajstić information content (AvgIpc) is 2.39. The molecular formula is C14H14ClNO3. The molecule has 2 unspecified atom stereocenters. The minimum absolute atomic E-state index is 0.142. The Kier molecular flexibility index (Phi) is 4.02. The molecule has 5 heteroatoms. The van der Waals surface area contributed by atoms with E-state index in [9.17, 15) is 9.90 Å². The number of aliphatic carboxylic acids is 1. The number of hydrogen-bond acceptors (Lipinski definition) is 3. The van der Waals surface area contributed by atoms with Crippen LogP contribution in [-0.2, 0) is 4.79 Å². The standard InChI is InChI=1S/C14H14ClNO3/c1-8(14(18)19)7-12(17)10-4-5-11(15)9-3-2-6-16-13(9)10/h2-6,8,12,17H,7H2,1H3,(H,18,19). The van der Waals surface area contributed by atoms with E-state index in [0.717, 1.165) is 5.39 Å². The third kappa shape index (κ3) is 2.85. The van der Waals surface area contributed by atoms with Crippen LogP contribution in [0.25, 0.3) is 10.9 Å². The van der Waals surface area contributed by atoms with Gasteiger partial charge in [-0.3, -0.25) is 9.78 Å². The summed E-state index contributed by atoms with van der Waals surface area (Å²) in [6, 6.07) is 6.97. The van der Waals surface area contributed by atoms with Gasteiger partial charge >= 0.3 is 5.97 Å². The van der Waals surface area contributed by atoms with Crippen molar-refractivity contribution in [3.8, 4) is 0 Å². The topological polar surface area (TPSA) is 70.4 Å². The fourth-order valence-electron chi connectivity index (χ4n) is 1.99. The van der Waals surface area contributed by atoms with Gasteiger partial charge in [0.1, 0.15) is 0 Å². The Labute approximate surface area is 115 Å². The minimum atomic E-state index is -0.926. The number of halogens is 1. The van der Waals surface area contributed by atoms with Crippen LogP contribution >= 0.6 is 11.6 Å². The van der Waals surface area contributed by atoms with E-state index in [4.69, 9.17) is 16.7 Å². The molecule has 0 saturated heterocycles. The number of nitrogens with zero attached hydrogens (tertiary/aromatic N) is 1. The Hall–Kier alpha value is -1.65. The second-order valence-corrected chi connectivity index (χ2v) is 4.93. The number of aromatic nitrogens is 1. The van der Waals surface area contributed by atoms with Gasteiger partial charge in [0, 0.05) is 22.2 Å². The summed E-state index contributed by atoms with van der Waals surface area (Å²) >= 11 is 6.07. The number of carbonyl (C=O) groups is 1. The smallest absolute Gasteiger partial charge is 0.306 e. The maximum atomic E-state index is 10.8. The van der Waals surface area contributed by atoms with Crippen molar-refractivity contribution in [3.05, 3.63) is 41.0 Å². The van der Waals surface area contributed by atoms with Gasteiger partial charge in [0.2, 0.25) is 0 Å². The summed E-state index contributed by atoms with van der Waals surface area (Å²) in [5.41, 5.74) is 1.22. The van der Waals surface area contributed by atoms with Crippen molar-refractivity contribution in [3.63, 3.8) is 0 Å². The molecule has 1 aromatic carbocycles. The highest BCUT2D eigenvalue weighted by Gasteiger charge is 2.20. The molecule has 1 aromatic heterocycles. The van der Waals surface area contributed by atoms with Crippen LogP contribution in [0.1, 0.15) is 25.0 Å². The normalized spacial score (nSPS) is 14.3. The lowest BCUT2D eigenvalue weighted by Gasteiger charge is -2.15. The van der Waals surface area contributed by atoms with E-state index >= 15 is 0 Å². The van der Waals surface area contributed by atoms with Gasteiger partial charge in [0.25, 0.3) is 0 Å². The van der Waals surface area contributed by atoms with E-state index in [0.29, 0.717) is 16.1 Å². The highest BCUT2D eigenvalue weighted by Crippen LogP contribution is 2.31. The molecule has 2 rings (SSSR count). The average molecular weight is 280 g/mol. The van der Waals surface area contributed by atoms with Crippen LogP contribution in [0.15, 0.2) is 30.5 Å². The molecule has 100 valence electrons. The van der Waals surface area contributed by atoms with Gasteiger partial charge in [-0.25, -0.2) is 0 Å². The van der Waals surface area contributed by atoms with Gasteiger partial charge in [-0.05, 0) is 24.6 Å². The molecule has 4 nitrogen and oxygen atoms in total. The number of aliphatic hydroxyl groups excluding tert-OH is 1. The Balaban J connectivity index is 2.40. The molecule has 19 heavy (non-hydrogen) atoms. The fourth-order valence-corrected chi connectivity index (χ4v) is 2.21. The van der Waals surface area contributed by atoms with Crippen LogP contribution in [0.3, 0.4) is 0 Å². The van der Waals surface area contributed by atoms with Crippen LogP contribution in [0.4, 0.5) is 0 Å². The largest absolute Gasteiger partial charge is 0.481 e. The number of fused-ring (bicyclic) bond motifs is 1. The zero-order valence-corrected chi connectivity index (χ0v) is 11.1. The maximum Gasteiger partial charge on any atom is 0.306 e. The first-order valence-electron chi connectivity index (χ1n) is 5.94. The summed E-state index contributed by atoms with van der Waals surface area (Å²) in [6.45, 7) is 1.57. The minimum Gasteiger partial charge on any atom is -0.481 e. The van der Waals surface area contributed by atoms with Crippen molar-refractivity contribution in [1.82, 2.24) is 4.98 Å². The van der Waals surface area contributed by atoms with Crippen LogP contribution in [-0.4, -0.2) is 21.2 Å². The predicted octanol–water partition coefficient (Wildman–Crippen LogP) is 3.03. The monoisotopic (exact) mass is 279 g/mol. The van der Waals surface area contributed by atoms with Gasteiger partial charge < -0.3 is 10.2 Å². The van der Waals surface area contributed by atoms with Gasteiger partial charge in [0.05, 0.1) is 17.5 Å². The first-order valence-corrected chi connectivity index (χ1v) is 6.32. The van der Waals surface area contributed by atoms with Crippen molar-refractivity contribution in [1.29, 1.82) is 0 Å². The van der Waals surface area contributed by atoms with Crippen LogP contribution < -0.4 is 0 Å². The molecule has 2 N–H and O–H groups in total. The SMILES string of the molecule is CC(CC(O)c1ccc(Cl)c2cccnc12)C(=O)O. The molecule has 0 aliphatic carbocycles. The first-order chi connectivity index (χ1) is 9.00. The summed E-state index contributed by atoms with van der Waals surface area (Å²) < 4.78 is 0. The van der Waals surface area contributed by atoms with Gasteiger partial charge in [-0.2, -0.15) is 0 Å². The molecule has 0 bridgehead atoms. The van der Waals surface area contributed by atoms with Crippen molar-refractivity contribution in [2.24, 2.45) is 5.92 Å². The molecule has 0 radical (unpaired) electrons. The third-order valence-corrected chi connectivity index (χ3v) is 3.43. The predicted molar refractivity (Wildman–Crippen MR) is 73.1 cm³/mol. The summed E-state index contributed by atoms with van der Waals surface area (Å²) in [5, 5.41) is 20.4. The number of carboxylic acids is 1. The number of aliphatic hydroxyl groups is 1. The molecule has 0 fully saturated rings. The van der Waals surface area contributed by atoms with Crippen molar-refractivity contribution in [2.45, 2.75) is 19.4 Å². The second kappa shape index (κ2) is 5.55. The molecule has 2 aromatic rings. The van der Waals surface area contributed by atoms with E-state index in [-0.39, 0.29) is 6.42 Å². The van der Waals surface area contributed by atoms with E-state index in [1.54, 1.807) is 31.3 Å². The Morgan fingerprint density at radius 1 is 1.42 bits per heavy atom. The van der Waals surface area contributed by atoms with Crippen LogP contribution in [0, 0.1) is 5.92 Å². The zero-order chi connectivity index (χ0) is 14.0. The lowest BCUT2D eigenvalue weighted by atomic mass is 9.96. The fraction of sp³-hybridized carbons (Fsp3) is 0.286. The van der Waals surface area contributed by atoms with Crippen molar-refractivity contribution >= 4 is 28.5 Å².